The molecule has 0 aromatic rings. The lowest BCUT2D eigenvalue weighted by molar-refractivity contribution is 0.379. The van der Waals surface area contributed by atoms with Gasteiger partial charge in [0, 0.05) is 11.9 Å². The highest BCUT2D eigenvalue weighted by atomic mass is 15.6. The molecule has 0 bridgehead atoms. The smallest absolute Gasteiger partial charge is 0.0688 e. The first kappa shape index (κ1) is 5.06. The number of hydrogen-bond donors (Lipinski definition) is 0. The van der Waals surface area contributed by atoms with E-state index in [-0.39, 0.29) is 0 Å². The van der Waals surface area contributed by atoms with Crippen LogP contribution in [0.2, 0.25) is 0 Å². The first-order valence-electron chi connectivity index (χ1n) is 2.37. The Balaban J connectivity index is 2.86. The van der Waals surface area contributed by atoms with Gasteiger partial charge in [0.05, 0.1) is 12.8 Å². The monoisotopic (exact) mass is 109 g/mol. The highest BCUT2D eigenvalue weighted by molar-refractivity contribution is 5.99. The molecule has 0 aromatic carbocycles. The van der Waals surface area contributed by atoms with E-state index < -0.39 is 0 Å². The van der Waals surface area contributed by atoms with Crippen LogP contribution in [-0.4, -0.2) is 23.7 Å². The molecule has 3 heteroatoms. The average Bonchev–Trinajstić information content (AvgIpc) is 1.64. The Morgan fingerprint density at radius 1 is 1.75 bits per heavy atom. The van der Waals surface area contributed by atoms with Gasteiger partial charge >= 0.3 is 0 Å². The fraction of sp³-hybridized carbons (Fsp3) is 0.400. The lowest BCUT2D eigenvalue weighted by Crippen LogP contribution is -2.07. The molecule has 1 rings (SSSR count). The molecule has 0 saturated carbocycles. The summed E-state index contributed by atoms with van der Waals surface area (Å²) in [4.78, 5) is 0. The summed E-state index contributed by atoms with van der Waals surface area (Å²) in [5.74, 6) is 2.68. The maximum absolute atomic E-state index is 3.95. The summed E-state index contributed by atoms with van der Waals surface area (Å²) in [6, 6.07) is 0. The van der Waals surface area contributed by atoms with E-state index in [0.29, 0.717) is 0 Å². The number of hydrazone groups is 2. The minimum Gasteiger partial charge on any atom is -0.180 e. The lowest BCUT2D eigenvalue weighted by Gasteiger charge is -2.05. The van der Waals surface area contributed by atoms with Crippen LogP contribution >= 0.6 is 0 Å². The van der Waals surface area contributed by atoms with Gasteiger partial charge in [0.15, 0.2) is 0 Å². The van der Waals surface area contributed by atoms with E-state index in [1.807, 2.05) is 6.92 Å². The fourth-order valence-electron chi connectivity index (χ4n) is 0.485. The van der Waals surface area contributed by atoms with Crippen molar-refractivity contribution in [3.05, 3.63) is 6.08 Å². The third kappa shape index (κ3) is 0.950. The normalized spacial score (nSPS) is 16.8. The van der Waals surface area contributed by atoms with Gasteiger partial charge in [-0.2, -0.15) is 10.2 Å². The van der Waals surface area contributed by atoms with Crippen LogP contribution in [0.5, 0.6) is 0 Å². The van der Waals surface area contributed by atoms with Gasteiger partial charge in [-0.25, -0.2) is 0 Å². The first-order valence-corrected chi connectivity index (χ1v) is 2.37. The van der Waals surface area contributed by atoms with Gasteiger partial charge in [-0.15, -0.1) is 5.10 Å². The third-order valence-electron chi connectivity index (χ3n) is 0.778. The van der Waals surface area contributed by atoms with Gasteiger partial charge in [0.2, 0.25) is 0 Å². The molecule has 0 radical (unpaired) electrons. The van der Waals surface area contributed by atoms with Gasteiger partial charge in [-0.05, 0) is 6.92 Å². The summed E-state index contributed by atoms with van der Waals surface area (Å²) in [5.41, 5.74) is 0.933. The van der Waals surface area contributed by atoms with E-state index in [4.69, 9.17) is 0 Å². The summed E-state index contributed by atoms with van der Waals surface area (Å²) in [6.07, 6.45) is 1.74. The Bertz CT molecular complexity index is 174. The van der Waals surface area contributed by atoms with Crippen molar-refractivity contribution in [3.8, 4) is 0 Å². The van der Waals surface area contributed by atoms with Crippen molar-refractivity contribution in [3.63, 3.8) is 0 Å². The van der Waals surface area contributed by atoms with Crippen LogP contribution in [0, 0.1) is 0 Å². The second kappa shape index (κ2) is 1.80. The Labute approximate surface area is 48.0 Å². The molecule has 0 amide bonds. The summed E-state index contributed by atoms with van der Waals surface area (Å²) >= 11 is 0. The van der Waals surface area contributed by atoms with E-state index in [0.717, 1.165) is 5.71 Å². The quantitative estimate of drug-likeness (QED) is 0.444. The van der Waals surface area contributed by atoms with Crippen molar-refractivity contribution < 1.29 is 0 Å². The molecule has 0 unspecified atom stereocenters. The molecule has 0 spiro atoms. The zero-order chi connectivity index (χ0) is 5.98. The number of rotatable bonds is 0. The van der Waals surface area contributed by atoms with Gasteiger partial charge in [0.1, 0.15) is 0 Å². The first-order chi connectivity index (χ1) is 3.79. The molecule has 0 N–H and O–H groups in total. The molecule has 0 saturated heterocycles. The molecule has 42 valence electrons. The van der Waals surface area contributed by atoms with Crippen LogP contribution in [0.3, 0.4) is 0 Å². The van der Waals surface area contributed by atoms with E-state index in [9.17, 15) is 0 Å². The molecule has 0 aliphatic carbocycles. The van der Waals surface area contributed by atoms with Gasteiger partial charge in [-0.3, -0.25) is 0 Å². The maximum Gasteiger partial charge on any atom is 0.0688 e. The second-order valence-electron chi connectivity index (χ2n) is 1.60. The predicted molar refractivity (Wildman–Crippen MR) is 32.9 cm³/mol. The zero-order valence-electron chi connectivity index (χ0n) is 4.92. The lowest BCUT2D eigenvalue weighted by atomic mass is 10.4. The van der Waals surface area contributed by atoms with E-state index in [2.05, 4.69) is 16.1 Å². The van der Waals surface area contributed by atoms with Crippen LogP contribution in [0.1, 0.15) is 6.92 Å². The molecule has 0 atom stereocenters. The van der Waals surface area contributed by atoms with Gasteiger partial charge < -0.3 is 0 Å². The Hall–Kier alpha value is -1.08. The van der Waals surface area contributed by atoms with Crippen LogP contribution in [-0.2, 0) is 0 Å². The second-order valence-corrected chi connectivity index (χ2v) is 1.60. The zero-order valence-corrected chi connectivity index (χ0v) is 4.92. The van der Waals surface area contributed by atoms with Crippen LogP contribution < -0.4 is 0 Å². The van der Waals surface area contributed by atoms with Gasteiger partial charge in [0.25, 0.3) is 0 Å². The van der Waals surface area contributed by atoms with Crippen molar-refractivity contribution >= 4 is 11.6 Å². The standard InChI is InChI=1S/C5H7N3/c1-5-3-4-6-8(2)7-5/h3H,1-2H3. The third-order valence-corrected chi connectivity index (χ3v) is 0.778. The van der Waals surface area contributed by atoms with E-state index >= 15 is 0 Å². The van der Waals surface area contributed by atoms with E-state index in [1.165, 1.54) is 5.12 Å². The number of allylic oxidation sites excluding steroid dienone is 1. The minimum absolute atomic E-state index is 0.933. The molecular formula is C5H7N3. The predicted octanol–water partition coefficient (Wildman–Crippen LogP) is 0.449. The van der Waals surface area contributed by atoms with Gasteiger partial charge in [-0.1, -0.05) is 0 Å². The molecular weight excluding hydrogens is 102 g/mol. The maximum atomic E-state index is 3.95. The Morgan fingerprint density at radius 3 is 2.88 bits per heavy atom. The molecule has 1 heterocycles. The summed E-state index contributed by atoms with van der Waals surface area (Å²) in [7, 11) is 1.77. The Morgan fingerprint density at radius 2 is 2.50 bits per heavy atom. The van der Waals surface area contributed by atoms with Crippen LogP contribution in [0.25, 0.3) is 0 Å². The average molecular weight is 109 g/mol. The number of hydrogen-bond acceptors (Lipinski definition) is 3. The van der Waals surface area contributed by atoms with Crippen molar-refractivity contribution in [2.24, 2.45) is 10.2 Å². The Kier molecular flexibility index (Phi) is 1.14. The summed E-state index contributed by atoms with van der Waals surface area (Å²) in [6.45, 7) is 1.90. The van der Waals surface area contributed by atoms with Crippen molar-refractivity contribution in [1.82, 2.24) is 5.12 Å². The fourth-order valence-corrected chi connectivity index (χ4v) is 0.485. The van der Waals surface area contributed by atoms with Crippen LogP contribution in [0.15, 0.2) is 16.3 Å². The largest absolute Gasteiger partial charge is 0.180 e. The summed E-state index contributed by atoms with van der Waals surface area (Å²) in [5, 5.41) is 9.15. The SMILES string of the molecule is CC1=NN(C)N=C=C1. The topological polar surface area (TPSA) is 28.0 Å². The molecule has 0 fully saturated rings. The molecule has 1 aliphatic heterocycles. The van der Waals surface area contributed by atoms with Crippen molar-refractivity contribution in [2.45, 2.75) is 6.92 Å². The minimum atomic E-state index is 0.933. The van der Waals surface area contributed by atoms with Crippen LogP contribution in [0.4, 0.5) is 0 Å². The van der Waals surface area contributed by atoms with Crippen molar-refractivity contribution in [1.29, 1.82) is 0 Å². The summed E-state index contributed by atoms with van der Waals surface area (Å²) < 4.78 is 0. The highest BCUT2D eigenvalue weighted by Crippen LogP contribution is 1.89. The number of nitrogens with zero attached hydrogens (tertiary/aromatic N) is 3. The van der Waals surface area contributed by atoms with Crippen molar-refractivity contribution in [2.75, 3.05) is 7.05 Å². The molecule has 3 nitrogen and oxygen atoms in total. The van der Waals surface area contributed by atoms with E-state index in [1.54, 1.807) is 13.1 Å². The highest BCUT2D eigenvalue weighted by Gasteiger charge is 1.90. The molecule has 8 heavy (non-hydrogen) atoms. The molecule has 0 aromatic heterocycles. The molecule has 1 aliphatic rings.